The summed E-state index contributed by atoms with van der Waals surface area (Å²) in [6, 6.07) is 1.49. The maximum absolute atomic E-state index is 2.68. The summed E-state index contributed by atoms with van der Waals surface area (Å²) in [5.74, 6) is 0. The van der Waals surface area contributed by atoms with Crippen molar-refractivity contribution in [2.75, 3.05) is 7.05 Å². The molecular weight excluding hydrogens is 154 g/mol. The van der Waals surface area contributed by atoms with E-state index in [4.69, 9.17) is 0 Å². The van der Waals surface area contributed by atoms with Crippen LogP contribution in [-0.2, 0) is 0 Å². The number of nitrogens with zero attached hydrogens (tertiary/aromatic N) is 1. The molecule has 0 aliphatic carbocycles. The van der Waals surface area contributed by atoms with Gasteiger partial charge in [-0.05, 0) is 7.05 Å². The van der Waals surface area contributed by atoms with Gasteiger partial charge in [-0.1, -0.05) is 39.0 Å². The van der Waals surface area contributed by atoms with Crippen LogP contribution in [0.3, 0.4) is 0 Å². The molecule has 0 heterocycles. The Balaban J connectivity index is 3.52. The molecule has 0 aromatic heterocycles. The summed E-state index contributed by atoms with van der Waals surface area (Å²) in [6.45, 7) is 9.56. The molecule has 0 saturated carbocycles. The molecule has 1 nitrogen and oxygen atoms in total. The molecule has 0 aliphatic heterocycles. The van der Waals surface area contributed by atoms with Gasteiger partial charge in [0.15, 0.2) is 0 Å². The van der Waals surface area contributed by atoms with E-state index in [0.29, 0.717) is 0 Å². The van der Waals surface area contributed by atoms with Crippen LogP contribution >= 0.6 is 0 Å². The Labute approximate surface area is 68.8 Å². The molecule has 0 radical (unpaired) electrons. The van der Waals surface area contributed by atoms with Gasteiger partial charge in [0.2, 0.25) is 0 Å². The second-order valence-electron chi connectivity index (χ2n) is 3.95. The van der Waals surface area contributed by atoms with E-state index in [0.717, 1.165) is 0 Å². The van der Waals surface area contributed by atoms with Crippen LogP contribution < -0.4 is 0 Å². The van der Waals surface area contributed by atoms with E-state index in [2.05, 4.69) is 37.8 Å². The van der Waals surface area contributed by atoms with Crippen molar-refractivity contribution < 1.29 is 0 Å². The standard InChI is InChI=1S/C7H21NSi2/c1-6-7-9-8(2)10(3,4)5/h6-7,9H2,1-5H3. The van der Waals surface area contributed by atoms with E-state index in [1.807, 2.05) is 0 Å². The van der Waals surface area contributed by atoms with Crippen LogP contribution in [-0.4, -0.2) is 29.2 Å². The minimum Gasteiger partial charge on any atom is -0.353 e. The van der Waals surface area contributed by atoms with Crippen LogP contribution in [0.5, 0.6) is 0 Å². The molecule has 0 bridgehead atoms. The van der Waals surface area contributed by atoms with E-state index in [1.54, 1.807) is 0 Å². The second-order valence-corrected chi connectivity index (χ2v) is 11.8. The Morgan fingerprint density at radius 2 is 1.80 bits per heavy atom. The Kier molecular flexibility index (Phi) is 4.48. The van der Waals surface area contributed by atoms with Gasteiger partial charge in [-0.3, -0.25) is 0 Å². The molecular formula is C7H21NSi2. The highest BCUT2D eigenvalue weighted by Crippen LogP contribution is 2.05. The fourth-order valence-corrected chi connectivity index (χ4v) is 4.68. The third-order valence-electron chi connectivity index (χ3n) is 1.99. The monoisotopic (exact) mass is 175 g/mol. The summed E-state index contributed by atoms with van der Waals surface area (Å²) in [7, 11) is 1.54. The molecule has 0 atom stereocenters. The summed E-state index contributed by atoms with van der Waals surface area (Å²) < 4.78 is 2.68. The molecule has 0 N–H and O–H groups in total. The third-order valence-corrected chi connectivity index (χ3v) is 9.49. The summed E-state index contributed by atoms with van der Waals surface area (Å²) in [6.07, 6.45) is 1.38. The first-order valence-electron chi connectivity index (χ1n) is 4.19. The summed E-state index contributed by atoms with van der Waals surface area (Å²) >= 11 is 0. The van der Waals surface area contributed by atoms with Crippen molar-refractivity contribution in [2.24, 2.45) is 0 Å². The van der Waals surface area contributed by atoms with Crippen molar-refractivity contribution in [3.05, 3.63) is 0 Å². The maximum atomic E-state index is 2.68. The van der Waals surface area contributed by atoms with E-state index in [9.17, 15) is 0 Å². The highest BCUT2D eigenvalue weighted by molar-refractivity contribution is 6.78. The van der Waals surface area contributed by atoms with Gasteiger partial charge in [-0.2, -0.15) is 0 Å². The first-order chi connectivity index (χ1) is 4.48. The minimum absolute atomic E-state index is 0.127. The zero-order valence-corrected chi connectivity index (χ0v) is 10.5. The molecule has 0 aliphatic rings. The Bertz CT molecular complexity index is 88.1. The summed E-state index contributed by atoms with van der Waals surface area (Å²) in [5, 5.41) is 0. The van der Waals surface area contributed by atoms with E-state index in [-0.39, 0.29) is 9.68 Å². The molecule has 0 rings (SSSR count). The number of rotatable bonds is 4. The van der Waals surface area contributed by atoms with Gasteiger partial charge in [0.25, 0.3) is 0 Å². The van der Waals surface area contributed by atoms with Gasteiger partial charge >= 0.3 is 0 Å². The summed E-state index contributed by atoms with van der Waals surface area (Å²) in [5.41, 5.74) is 0. The van der Waals surface area contributed by atoms with Crippen LogP contribution in [0.25, 0.3) is 0 Å². The fourth-order valence-electron chi connectivity index (χ4n) is 0.731. The number of hydrogen-bond donors (Lipinski definition) is 0. The average molecular weight is 175 g/mol. The summed E-state index contributed by atoms with van der Waals surface area (Å²) in [4.78, 5) is 0. The predicted octanol–water partition coefficient (Wildman–Crippen LogP) is 1.67. The van der Waals surface area contributed by atoms with Crippen LogP contribution in [0.15, 0.2) is 0 Å². The molecule has 0 fully saturated rings. The number of hydrogen-bond acceptors (Lipinski definition) is 1. The van der Waals surface area contributed by atoms with Crippen LogP contribution in [0.2, 0.25) is 25.7 Å². The molecule has 3 heteroatoms. The lowest BCUT2D eigenvalue weighted by Gasteiger charge is -2.29. The van der Waals surface area contributed by atoms with E-state index in [1.165, 1.54) is 12.5 Å². The van der Waals surface area contributed by atoms with E-state index >= 15 is 0 Å². The highest BCUT2D eigenvalue weighted by Gasteiger charge is 2.18. The highest BCUT2D eigenvalue weighted by atomic mass is 28.4. The topological polar surface area (TPSA) is 3.24 Å². The quantitative estimate of drug-likeness (QED) is 0.588. The van der Waals surface area contributed by atoms with Crippen LogP contribution in [0.1, 0.15) is 13.3 Å². The SMILES string of the molecule is CCC[SiH2]N(C)[Si](C)(C)C. The van der Waals surface area contributed by atoms with Crippen molar-refractivity contribution >= 4 is 17.9 Å². The molecule has 10 heavy (non-hydrogen) atoms. The van der Waals surface area contributed by atoms with Crippen molar-refractivity contribution in [3.8, 4) is 0 Å². The largest absolute Gasteiger partial charge is 0.353 e. The average Bonchev–Trinajstić information content (AvgIpc) is 1.80. The van der Waals surface area contributed by atoms with Crippen molar-refractivity contribution in [1.82, 2.24) is 4.23 Å². The molecule has 0 amide bonds. The molecule has 0 saturated heterocycles. The van der Waals surface area contributed by atoms with E-state index < -0.39 is 8.24 Å². The lowest BCUT2D eigenvalue weighted by molar-refractivity contribution is 0.787. The van der Waals surface area contributed by atoms with Gasteiger partial charge in [-0.15, -0.1) is 0 Å². The Hall–Kier alpha value is 0.394. The fraction of sp³-hybridized carbons (Fsp3) is 1.00. The lowest BCUT2D eigenvalue weighted by Crippen LogP contribution is -2.45. The Morgan fingerprint density at radius 3 is 2.10 bits per heavy atom. The molecule has 62 valence electrons. The zero-order chi connectivity index (χ0) is 8.20. The molecule has 0 unspecified atom stereocenters. The van der Waals surface area contributed by atoms with Crippen LogP contribution in [0, 0.1) is 0 Å². The van der Waals surface area contributed by atoms with Gasteiger partial charge in [-0.25, -0.2) is 0 Å². The minimum atomic E-state index is -0.903. The normalized spacial score (nSPS) is 13.8. The van der Waals surface area contributed by atoms with Crippen LogP contribution in [0.4, 0.5) is 0 Å². The van der Waals surface area contributed by atoms with Crippen molar-refractivity contribution in [2.45, 2.75) is 39.0 Å². The van der Waals surface area contributed by atoms with Crippen molar-refractivity contribution in [3.63, 3.8) is 0 Å². The Morgan fingerprint density at radius 1 is 1.30 bits per heavy atom. The van der Waals surface area contributed by atoms with Gasteiger partial charge in [0.1, 0.15) is 8.24 Å². The maximum Gasteiger partial charge on any atom is 0.111 e. The second kappa shape index (κ2) is 4.31. The predicted molar refractivity (Wildman–Crippen MR) is 54.8 cm³/mol. The molecule has 0 spiro atoms. The van der Waals surface area contributed by atoms with Gasteiger partial charge in [0.05, 0.1) is 9.68 Å². The zero-order valence-electron chi connectivity index (χ0n) is 8.07. The third kappa shape index (κ3) is 4.25. The first kappa shape index (κ1) is 10.4. The van der Waals surface area contributed by atoms with Crippen molar-refractivity contribution in [1.29, 1.82) is 0 Å². The smallest absolute Gasteiger partial charge is 0.111 e. The molecule has 0 aromatic rings. The molecule has 0 aromatic carbocycles. The van der Waals surface area contributed by atoms with Gasteiger partial charge in [0, 0.05) is 0 Å². The lowest BCUT2D eigenvalue weighted by atomic mass is 10.6. The van der Waals surface area contributed by atoms with Gasteiger partial charge < -0.3 is 4.23 Å². The first-order valence-corrected chi connectivity index (χ1v) is 9.27.